The molecule has 0 amide bonds. The van der Waals surface area contributed by atoms with Crippen molar-refractivity contribution in [2.24, 2.45) is 5.92 Å². The van der Waals surface area contributed by atoms with Gasteiger partial charge in [0.2, 0.25) is 10.1 Å². The topological polar surface area (TPSA) is 76.8 Å². The molecule has 3 heterocycles. The fourth-order valence-electron chi connectivity index (χ4n) is 3.48. The number of piperidine rings is 1. The Morgan fingerprint density at radius 3 is 2.61 bits per heavy atom. The van der Waals surface area contributed by atoms with Gasteiger partial charge in [0.05, 0.1) is 7.11 Å². The minimum atomic E-state index is -0.145. The highest BCUT2D eigenvalue weighted by molar-refractivity contribution is 7.20. The van der Waals surface area contributed by atoms with Gasteiger partial charge < -0.3 is 9.64 Å². The van der Waals surface area contributed by atoms with Gasteiger partial charge >= 0.3 is 0 Å². The molecule has 3 aromatic rings. The molecule has 1 aliphatic rings. The van der Waals surface area contributed by atoms with Crippen molar-refractivity contribution >= 4 is 27.2 Å². The number of aromatic nitrogens is 3. The van der Waals surface area contributed by atoms with E-state index in [-0.39, 0.29) is 17.3 Å². The van der Waals surface area contributed by atoms with Crippen LogP contribution < -0.4 is 15.2 Å². The average molecular weight is 398 g/mol. The standard InChI is InChI=1S/C20H22N4O3S/c1-3-15-12-17(25)24-19(21-15)28-20(22-24)23-10-8-14(9-11-23)18(26)13-4-6-16(27-2)7-5-13/h4-7,12,14H,3,8-11H2,1-2H3. The Morgan fingerprint density at radius 1 is 1.25 bits per heavy atom. The summed E-state index contributed by atoms with van der Waals surface area (Å²) in [6, 6.07) is 8.82. The lowest BCUT2D eigenvalue weighted by atomic mass is 9.89. The van der Waals surface area contributed by atoms with Crippen LogP contribution in [0.25, 0.3) is 4.96 Å². The molecule has 0 bridgehead atoms. The highest BCUT2D eigenvalue weighted by Crippen LogP contribution is 2.28. The lowest BCUT2D eigenvalue weighted by Gasteiger charge is -2.30. The predicted molar refractivity (Wildman–Crippen MR) is 109 cm³/mol. The van der Waals surface area contributed by atoms with Gasteiger partial charge in [-0.15, -0.1) is 5.10 Å². The predicted octanol–water partition coefficient (Wildman–Crippen LogP) is 2.82. The number of anilines is 1. The number of carbonyl (C=O) groups excluding carboxylic acids is 1. The lowest BCUT2D eigenvalue weighted by Crippen LogP contribution is -2.36. The molecule has 1 aromatic carbocycles. The van der Waals surface area contributed by atoms with Crippen LogP contribution in [-0.4, -0.2) is 40.6 Å². The van der Waals surface area contributed by atoms with Gasteiger partial charge in [0.15, 0.2) is 5.78 Å². The van der Waals surface area contributed by atoms with Gasteiger partial charge in [0.25, 0.3) is 5.56 Å². The number of nitrogens with zero attached hydrogens (tertiary/aromatic N) is 4. The fourth-order valence-corrected chi connectivity index (χ4v) is 4.46. The second-order valence-corrected chi connectivity index (χ2v) is 7.81. The van der Waals surface area contributed by atoms with Crippen molar-refractivity contribution in [3.63, 3.8) is 0 Å². The van der Waals surface area contributed by atoms with E-state index in [1.54, 1.807) is 7.11 Å². The zero-order chi connectivity index (χ0) is 19.7. The zero-order valence-corrected chi connectivity index (χ0v) is 16.7. The summed E-state index contributed by atoms with van der Waals surface area (Å²) in [4.78, 5) is 32.2. The third kappa shape index (κ3) is 3.52. The van der Waals surface area contributed by atoms with Crippen LogP contribution in [0.1, 0.15) is 35.8 Å². The normalized spacial score (nSPS) is 15.1. The van der Waals surface area contributed by atoms with Crippen LogP contribution in [0.3, 0.4) is 0 Å². The molecule has 0 unspecified atom stereocenters. The van der Waals surface area contributed by atoms with Crippen molar-refractivity contribution in [1.29, 1.82) is 0 Å². The van der Waals surface area contributed by atoms with Gasteiger partial charge in [0.1, 0.15) is 5.75 Å². The van der Waals surface area contributed by atoms with Crippen LogP contribution in [0.15, 0.2) is 35.1 Å². The molecule has 8 heteroatoms. The van der Waals surface area contributed by atoms with Crippen molar-refractivity contribution in [3.05, 3.63) is 51.9 Å². The van der Waals surface area contributed by atoms with Gasteiger partial charge in [-0.2, -0.15) is 4.52 Å². The number of methoxy groups -OCH3 is 1. The van der Waals surface area contributed by atoms with Crippen molar-refractivity contribution in [3.8, 4) is 5.75 Å². The second kappa shape index (κ2) is 7.71. The summed E-state index contributed by atoms with van der Waals surface area (Å²) in [7, 11) is 1.61. The number of fused-ring (bicyclic) bond motifs is 1. The van der Waals surface area contributed by atoms with E-state index < -0.39 is 0 Å². The summed E-state index contributed by atoms with van der Waals surface area (Å²) >= 11 is 1.43. The number of benzene rings is 1. The van der Waals surface area contributed by atoms with Crippen molar-refractivity contribution < 1.29 is 9.53 Å². The number of Topliss-reactive ketones (excluding diaryl/α,β-unsaturated/α-hetero) is 1. The fraction of sp³-hybridized carbons (Fsp3) is 0.400. The molecule has 0 saturated carbocycles. The van der Waals surface area contributed by atoms with E-state index in [9.17, 15) is 9.59 Å². The van der Waals surface area contributed by atoms with E-state index in [4.69, 9.17) is 4.74 Å². The summed E-state index contributed by atoms with van der Waals surface area (Å²) in [6.07, 6.45) is 2.25. The monoisotopic (exact) mass is 398 g/mol. The first kappa shape index (κ1) is 18.6. The van der Waals surface area contributed by atoms with E-state index in [0.29, 0.717) is 4.96 Å². The molecule has 146 valence electrons. The Balaban J connectivity index is 1.46. The van der Waals surface area contributed by atoms with E-state index in [1.807, 2.05) is 31.2 Å². The third-order valence-electron chi connectivity index (χ3n) is 5.16. The summed E-state index contributed by atoms with van der Waals surface area (Å²) in [5.41, 5.74) is 1.36. The Bertz CT molecular complexity index is 1050. The molecule has 2 aromatic heterocycles. The lowest BCUT2D eigenvalue weighted by molar-refractivity contribution is 0.0900. The SMILES string of the molecule is CCc1cc(=O)n2nc(N3CCC(C(=O)c4ccc(OC)cc4)CC3)sc2n1. The van der Waals surface area contributed by atoms with Crippen molar-refractivity contribution in [1.82, 2.24) is 14.6 Å². The summed E-state index contributed by atoms with van der Waals surface area (Å²) in [6.45, 7) is 3.45. The van der Waals surface area contributed by atoms with Crippen LogP contribution in [0.5, 0.6) is 5.75 Å². The molecule has 1 fully saturated rings. The molecule has 4 rings (SSSR count). The van der Waals surface area contributed by atoms with Crippen molar-refractivity contribution in [2.45, 2.75) is 26.2 Å². The largest absolute Gasteiger partial charge is 0.497 e. The minimum absolute atomic E-state index is 0.00608. The van der Waals surface area contributed by atoms with E-state index in [2.05, 4.69) is 15.0 Å². The maximum absolute atomic E-state index is 12.8. The van der Waals surface area contributed by atoms with Crippen LogP contribution in [0, 0.1) is 5.92 Å². The number of hydrogen-bond acceptors (Lipinski definition) is 7. The molecule has 1 aliphatic heterocycles. The highest BCUT2D eigenvalue weighted by atomic mass is 32.1. The summed E-state index contributed by atoms with van der Waals surface area (Å²) in [5, 5.41) is 5.23. The summed E-state index contributed by atoms with van der Waals surface area (Å²) in [5.74, 6) is 0.931. The average Bonchev–Trinajstić information content (AvgIpc) is 3.18. The number of aryl methyl sites for hydroxylation is 1. The van der Waals surface area contributed by atoms with Gasteiger partial charge in [-0.05, 0) is 43.5 Å². The molecular formula is C20H22N4O3S. The van der Waals surface area contributed by atoms with E-state index in [0.717, 1.165) is 54.5 Å². The van der Waals surface area contributed by atoms with Crippen LogP contribution in [-0.2, 0) is 6.42 Å². The molecule has 0 atom stereocenters. The maximum atomic E-state index is 12.8. The van der Waals surface area contributed by atoms with Gasteiger partial charge in [0, 0.05) is 36.3 Å². The highest BCUT2D eigenvalue weighted by Gasteiger charge is 2.27. The number of rotatable bonds is 5. The molecule has 7 nitrogen and oxygen atoms in total. The molecule has 0 spiro atoms. The number of carbonyl (C=O) groups is 1. The number of ether oxygens (including phenoxy) is 1. The quantitative estimate of drug-likeness (QED) is 0.615. The zero-order valence-electron chi connectivity index (χ0n) is 15.9. The Kier molecular flexibility index (Phi) is 5.13. The second-order valence-electron chi connectivity index (χ2n) is 6.87. The van der Waals surface area contributed by atoms with Crippen LogP contribution in [0.2, 0.25) is 0 Å². The molecule has 1 saturated heterocycles. The first-order valence-electron chi connectivity index (χ1n) is 9.42. The third-order valence-corrected chi connectivity index (χ3v) is 6.13. The minimum Gasteiger partial charge on any atom is -0.497 e. The molecule has 0 N–H and O–H groups in total. The molecule has 0 radical (unpaired) electrons. The van der Waals surface area contributed by atoms with Crippen LogP contribution >= 0.6 is 11.3 Å². The van der Waals surface area contributed by atoms with Gasteiger partial charge in [-0.3, -0.25) is 9.59 Å². The number of ketones is 1. The Hall–Kier alpha value is -2.74. The molecule has 28 heavy (non-hydrogen) atoms. The smallest absolute Gasteiger partial charge is 0.275 e. The first-order chi connectivity index (χ1) is 13.6. The van der Waals surface area contributed by atoms with E-state index in [1.165, 1.54) is 21.9 Å². The first-order valence-corrected chi connectivity index (χ1v) is 10.2. The molecule has 0 aliphatic carbocycles. The van der Waals surface area contributed by atoms with E-state index >= 15 is 0 Å². The number of hydrogen-bond donors (Lipinski definition) is 0. The van der Waals surface area contributed by atoms with Gasteiger partial charge in [-0.1, -0.05) is 18.3 Å². The van der Waals surface area contributed by atoms with Crippen LogP contribution in [0.4, 0.5) is 5.13 Å². The Morgan fingerprint density at radius 2 is 1.96 bits per heavy atom. The Labute approximate surface area is 166 Å². The van der Waals surface area contributed by atoms with Gasteiger partial charge in [-0.25, -0.2) is 4.98 Å². The molecular weight excluding hydrogens is 376 g/mol. The maximum Gasteiger partial charge on any atom is 0.275 e. The summed E-state index contributed by atoms with van der Waals surface area (Å²) < 4.78 is 6.52. The van der Waals surface area contributed by atoms with Crippen molar-refractivity contribution in [2.75, 3.05) is 25.1 Å².